The number of hydrogen-bond donors (Lipinski definition) is 0. The summed E-state index contributed by atoms with van der Waals surface area (Å²) in [5.41, 5.74) is 6.09. The number of amides is 1. The quantitative estimate of drug-likeness (QED) is 0.324. The lowest BCUT2D eigenvalue weighted by Gasteiger charge is -2.30. The molecule has 4 aromatic rings. The van der Waals surface area contributed by atoms with Crippen LogP contribution in [0.5, 0.6) is 11.5 Å². The van der Waals surface area contributed by atoms with Crippen LogP contribution in [0.4, 0.5) is 0 Å². The van der Waals surface area contributed by atoms with Crippen LogP contribution in [0.15, 0.2) is 91.0 Å². The summed E-state index contributed by atoms with van der Waals surface area (Å²) in [4.78, 5) is 16.3. The van der Waals surface area contributed by atoms with E-state index >= 15 is 0 Å². The van der Waals surface area contributed by atoms with Crippen molar-refractivity contribution in [3.05, 3.63) is 118 Å². The summed E-state index contributed by atoms with van der Waals surface area (Å²) in [6.07, 6.45) is 1.65. The standard InChI is InChI=1S/C30H24ClNO3/c31-24-11-12-26(21-6-2-1-3-7-21)27(17-24)30(33)32(25-15-22-8-4-5-9-23(22)16-25)18-20-10-13-28-29(14-20)35-19-34-28/h1-14,17,25H,15-16,18-19H2. The van der Waals surface area contributed by atoms with Crippen molar-refractivity contribution >= 4 is 17.5 Å². The molecule has 1 aliphatic heterocycles. The van der Waals surface area contributed by atoms with E-state index in [4.69, 9.17) is 21.1 Å². The van der Waals surface area contributed by atoms with Gasteiger partial charge in [0.15, 0.2) is 11.5 Å². The third kappa shape index (κ3) is 4.26. The van der Waals surface area contributed by atoms with E-state index in [1.807, 2.05) is 65.6 Å². The molecule has 1 heterocycles. The normalized spacial score (nSPS) is 14.1. The average Bonchev–Trinajstić information content (AvgIpc) is 3.54. The molecule has 0 unspecified atom stereocenters. The van der Waals surface area contributed by atoms with Gasteiger partial charge in [-0.2, -0.15) is 0 Å². The van der Waals surface area contributed by atoms with E-state index in [-0.39, 0.29) is 18.7 Å². The molecule has 0 radical (unpaired) electrons. The number of ether oxygens (including phenoxy) is 2. The van der Waals surface area contributed by atoms with Gasteiger partial charge >= 0.3 is 0 Å². The van der Waals surface area contributed by atoms with Crippen molar-refractivity contribution in [1.82, 2.24) is 4.90 Å². The molecule has 5 heteroatoms. The molecule has 0 atom stereocenters. The Balaban J connectivity index is 1.40. The molecule has 6 rings (SSSR count). The van der Waals surface area contributed by atoms with Gasteiger partial charge in [-0.1, -0.05) is 78.3 Å². The van der Waals surface area contributed by atoms with Gasteiger partial charge in [-0.05, 0) is 64.9 Å². The number of carbonyl (C=O) groups excluding carboxylic acids is 1. The van der Waals surface area contributed by atoms with Crippen LogP contribution in [0.1, 0.15) is 27.0 Å². The highest BCUT2D eigenvalue weighted by Crippen LogP contribution is 2.35. The Kier molecular flexibility index (Phi) is 5.67. The second-order valence-corrected chi connectivity index (χ2v) is 9.44. The van der Waals surface area contributed by atoms with E-state index in [1.165, 1.54) is 11.1 Å². The first-order valence-electron chi connectivity index (χ1n) is 11.8. The number of carbonyl (C=O) groups is 1. The topological polar surface area (TPSA) is 38.8 Å². The Morgan fingerprint density at radius 1 is 0.829 bits per heavy atom. The Hall–Kier alpha value is -3.76. The predicted octanol–water partition coefficient (Wildman–Crippen LogP) is 6.55. The van der Waals surface area contributed by atoms with Crippen LogP contribution in [-0.4, -0.2) is 23.6 Å². The van der Waals surface area contributed by atoms with Gasteiger partial charge in [0, 0.05) is 23.2 Å². The minimum absolute atomic E-state index is 0.0261. The number of rotatable bonds is 5. The molecule has 0 bridgehead atoms. The van der Waals surface area contributed by atoms with E-state index < -0.39 is 0 Å². The monoisotopic (exact) mass is 481 g/mol. The van der Waals surface area contributed by atoms with Crippen molar-refractivity contribution < 1.29 is 14.3 Å². The fourth-order valence-corrected chi connectivity index (χ4v) is 5.25. The van der Waals surface area contributed by atoms with Crippen molar-refractivity contribution in [2.24, 2.45) is 0 Å². The minimum Gasteiger partial charge on any atom is -0.454 e. The largest absolute Gasteiger partial charge is 0.454 e. The SMILES string of the molecule is O=C(c1cc(Cl)ccc1-c1ccccc1)N(Cc1ccc2c(c1)OCO2)C1Cc2ccccc2C1. The number of hydrogen-bond acceptors (Lipinski definition) is 3. The number of benzene rings is 4. The maximum absolute atomic E-state index is 14.3. The fraction of sp³-hybridized carbons (Fsp3) is 0.167. The molecule has 35 heavy (non-hydrogen) atoms. The van der Waals surface area contributed by atoms with E-state index in [9.17, 15) is 4.79 Å². The Morgan fingerprint density at radius 2 is 1.54 bits per heavy atom. The number of halogens is 1. The van der Waals surface area contributed by atoms with Crippen LogP contribution in [0.25, 0.3) is 11.1 Å². The summed E-state index contributed by atoms with van der Waals surface area (Å²) in [5, 5.41) is 0.547. The highest BCUT2D eigenvalue weighted by Gasteiger charge is 2.32. The Bertz CT molecular complexity index is 1380. The van der Waals surface area contributed by atoms with E-state index in [0.717, 1.165) is 41.0 Å². The molecule has 4 nitrogen and oxygen atoms in total. The first-order chi connectivity index (χ1) is 17.2. The molecule has 0 fully saturated rings. The molecular weight excluding hydrogens is 458 g/mol. The summed E-state index contributed by atoms with van der Waals surface area (Å²) in [6, 6.07) is 29.9. The van der Waals surface area contributed by atoms with Crippen LogP contribution in [0.2, 0.25) is 5.02 Å². The zero-order chi connectivity index (χ0) is 23.8. The highest BCUT2D eigenvalue weighted by molar-refractivity contribution is 6.31. The Morgan fingerprint density at radius 3 is 2.31 bits per heavy atom. The highest BCUT2D eigenvalue weighted by atomic mass is 35.5. The fourth-order valence-electron chi connectivity index (χ4n) is 5.08. The van der Waals surface area contributed by atoms with Crippen LogP contribution in [0.3, 0.4) is 0 Å². The van der Waals surface area contributed by atoms with E-state index in [0.29, 0.717) is 17.1 Å². The van der Waals surface area contributed by atoms with Crippen LogP contribution < -0.4 is 9.47 Å². The second kappa shape index (κ2) is 9.12. The van der Waals surface area contributed by atoms with Crippen molar-refractivity contribution in [2.75, 3.05) is 6.79 Å². The first kappa shape index (κ1) is 21.8. The van der Waals surface area contributed by atoms with Gasteiger partial charge in [0.05, 0.1) is 0 Å². The summed E-state index contributed by atoms with van der Waals surface area (Å²) >= 11 is 6.41. The number of fused-ring (bicyclic) bond motifs is 2. The van der Waals surface area contributed by atoms with Crippen molar-refractivity contribution in [1.29, 1.82) is 0 Å². The zero-order valence-corrected chi connectivity index (χ0v) is 19.9. The average molecular weight is 482 g/mol. The maximum atomic E-state index is 14.3. The number of nitrogens with zero attached hydrogens (tertiary/aromatic N) is 1. The molecule has 0 aromatic heterocycles. The minimum atomic E-state index is -0.0261. The molecule has 0 saturated heterocycles. The van der Waals surface area contributed by atoms with Crippen LogP contribution in [0, 0.1) is 0 Å². The van der Waals surface area contributed by atoms with Crippen molar-refractivity contribution in [3.8, 4) is 22.6 Å². The second-order valence-electron chi connectivity index (χ2n) is 9.01. The molecule has 4 aromatic carbocycles. The lowest BCUT2D eigenvalue weighted by atomic mass is 9.97. The lowest BCUT2D eigenvalue weighted by Crippen LogP contribution is -2.40. The molecule has 0 N–H and O–H groups in total. The van der Waals surface area contributed by atoms with Gasteiger partial charge in [-0.3, -0.25) is 4.79 Å². The summed E-state index contributed by atoms with van der Waals surface area (Å²) in [6.45, 7) is 0.692. The summed E-state index contributed by atoms with van der Waals surface area (Å²) in [7, 11) is 0. The van der Waals surface area contributed by atoms with Gasteiger partial charge in [-0.25, -0.2) is 0 Å². The smallest absolute Gasteiger partial charge is 0.255 e. The summed E-state index contributed by atoms with van der Waals surface area (Å²) < 4.78 is 11.1. The lowest BCUT2D eigenvalue weighted by molar-refractivity contribution is 0.0668. The van der Waals surface area contributed by atoms with Crippen LogP contribution in [-0.2, 0) is 19.4 Å². The molecule has 2 aliphatic rings. The third-order valence-electron chi connectivity index (χ3n) is 6.82. The van der Waals surface area contributed by atoms with Gasteiger partial charge in [0.25, 0.3) is 5.91 Å². The molecule has 0 spiro atoms. The molecule has 174 valence electrons. The van der Waals surface area contributed by atoms with Crippen LogP contribution >= 0.6 is 11.6 Å². The first-order valence-corrected chi connectivity index (χ1v) is 12.1. The van der Waals surface area contributed by atoms with E-state index in [1.54, 1.807) is 6.07 Å². The van der Waals surface area contributed by atoms with Gasteiger partial charge in [-0.15, -0.1) is 0 Å². The third-order valence-corrected chi connectivity index (χ3v) is 7.05. The summed E-state index contributed by atoms with van der Waals surface area (Å²) in [5.74, 6) is 1.43. The van der Waals surface area contributed by atoms with E-state index in [2.05, 4.69) is 24.3 Å². The molecule has 0 saturated carbocycles. The van der Waals surface area contributed by atoms with Crippen molar-refractivity contribution in [3.63, 3.8) is 0 Å². The molecular formula is C30H24ClNO3. The zero-order valence-electron chi connectivity index (χ0n) is 19.1. The maximum Gasteiger partial charge on any atom is 0.255 e. The van der Waals surface area contributed by atoms with Gasteiger partial charge < -0.3 is 14.4 Å². The van der Waals surface area contributed by atoms with Crippen molar-refractivity contribution in [2.45, 2.75) is 25.4 Å². The Labute approximate surface area is 209 Å². The van der Waals surface area contributed by atoms with Gasteiger partial charge in [0.2, 0.25) is 6.79 Å². The van der Waals surface area contributed by atoms with Gasteiger partial charge in [0.1, 0.15) is 0 Å². The predicted molar refractivity (Wildman–Crippen MR) is 137 cm³/mol. The molecule has 1 amide bonds. The molecule has 1 aliphatic carbocycles.